The van der Waals surface area contributed by atoms with Gasteiger partial charge in [0.2, 0.25) is 11.8 Å². The minimum Gasteiger partial charge on any atom is -0.341 e. The monoisotopic (exact) mass is 445 g/mol. The van der Waals surface area contributed by atoms with Gasteiger partial charge in [0.15, 0.2) is 0 Å². The van der Waals surface area contributed by atoms with E-state index < -0.39 is 10.0 Å². The highest BCUT2D eigenvalue weighted by Gasteiger charge is 2.33. The van der Waals surface area contributed by atoms with Crippen LogP contribution in [0.25, 0.3) is 0 Å². The maximum absolute atomic E-state index is 12.9. The second-order valence-electron chi connectivity index (χ2n) is 6.95. The summed E-state index contributed by atoms with van der Waals surface area (Å²) >= 11 is 6.93. The molecule has 2 saturated heterocycles. The molecule has 154 valence electrons. The maximum Gasteiger partial charge on any atom is 0.252 e. The topological polar surface area (TPSA) is 78.0 Å². The van der Waals surface area contributed by atoms with Crippen LogP contribution < -0.4 is 0 Å². The lowest BCUT2D eigenvalue weighted by atomic mass is 9.95. The average molecular weight is 446 g/mol. The average Bonchev–Trinajstić information content (AvgIpc) is 2.99. The molecule has 2 aliphatic heterocycles. The molecule has 2 aliphatic rings. The van der Waals surface area contributed by atoms with E-state index in [2.05, 4.69) is 6.58 Å². The van der Waals surface area contributed by atoms with Crippen molar-refractivity contribution in [3.63, 3.8) is 0 Å². The quantitative estimate of drug-likeness (QED) is 0.664. The number of rotatable bonds is 4. The molecule has 0 N–H and O–H groups in total. The van der Waals surface area contributed by atoms with Crippen molar-refractivity contribution in [2.24, 2.45) is 5.92 Å². The molecule has 1 aromatic heterocycles. The fourth-order valence-corrected chi connectivity index (χ4v) is 6.76. The summed E-state index contributed by atoms with van der Waals surface area (Å²) in [7, 11) is -3.58. The highest BCUT2D eigenvalue weighted by Crippen LogP contribution is 2.29. The summed E-state index contributed by atoms with van der Waals surface area (Å²) in [5.41, 5.74) is 0. The van der Waals surface area contributed by atoms with E-state index in [1.165, 1.54) is 16.4 Å². The third kappa shape index (κ3) is 4.59. The molecule has 10 heteroatoms. The number of amides is 2. The largest absolute Gasteiger partial charge is 0.341 e. The first-order valence-corrected chi connectivity index (χ1v) is 11.9. The van der Waals surface area contributed by atoms with Gasteiger partial charge in [-0.2, -0.15) is 4.31 Å². The van der Waals surface area contributed by atoms with E-state index >= 15 is 0 Å². The number of carbonyl (C=O) groups excluding carboxylic acids is 2. The van der Waals surface area contributed by atoms with Gasteiger partial charge in [0.05, 0.1) is 4.34 Å². The van der Waals surface area contributed by atoms with Gasteiger partial charge in [-0.05, 0) is 37.5 Å². The van der Waals surface area contributed by atoms with Crippen molar-refractivity contribution < 1.29 is 18.0 Å². The molecule has 1 aromatic rings. The van der Waals surface area contributed by atoms with Crippen molar-refractivity contribution in [1.29, 1.82) is 0 Å². The minimum absolute atomic E-state index is 0.0594. The number of halogens is 1. The Labute approximate surface area is 174 Å². The lowest BCUT2D eigenvalue weighted by molar-refractivity contribution is -0.139. The van der Waals surface area contributed by atoms with Gasteiger partial charge >= 0.3 is 0 Å². The van der Waals surface area contributed by atoms with E-state index in [4.69, 9.17) is 11.6 Å². The van der Waals surface area contributed by atoms with Crippen molar-refractivity contribution in [1.82, 2.24) is 14.1 Å². The third-order valence-corrected chi connectivity index (χ3v) is 8.84. The summed E-state index contributed by atoms with van der Waals surface area (Å²) in [6.45, 7) is 6.18. The lowest BCUT2D eigenvalue weighted by Crippen LogP contribution is -2.45. The van der Waals surface area contributed by atoms with E-state index in [1.807, 2.05) is 0 Å². The Morgan fingerprint density at radius 2 is 1.79 bits per heavy atom. The van der Waals surface area contributed by atoms with E-state index in [9.17, 15) is 18.0 Å². The number of piperidine rings is 1. The van der Waals surface area contributed by atoms with Crippen LogP contribution in [0.5, 0.6) is 0 Å². The summed E-state index contributed by atoms with van der Waals surface area (Å²) in [4.78, 5) is 28.1. The number of nitrogens with zero attached hydrogens (tertiary/aromatic N) is 3. The standard InChI is InChI=1S/C18H24ClN3O4S2/c1-2-16(23)20-10-6-14(7-11-20)18(24)21-8-3-9-22(13-12-21)28(25,26)17-5-4-15(19)27-17/h2,4-5,14H,1,3,6-13H2. The van der Waals surface area contributed by atoms with Gasteiger partial charge in [-0.1, -0.05) is 18.2 Å². The van der Waals surface area contributed by atoms with Crippen LogP contribution in [-0.4, -0.2) is 73.6 Å². The van der Waals surface area contributed by atoms with Crippen LogP contribution in [0, 0.1) is 5.92 Å². The normalized spacial score (nSPS) is 20.0. The molecule has 28 heavy (non-hydrogen) atoms. The SMILES string of the molecule is C=CC(=O)N1CCC(C(=O)N2CCCN(S(=O)(=O)c3ccc(Cl)s3)CC2)CC1. The molecule has 3 rings (SSSR count). The number of thiophene rings is 1. The zero-order valence-electron chi connectivity index (χ0n) is 15.5. The highest BCUT2D eigenvalue weighted by molar-refractivity contribution is 7.91. The lowest BCUT2D eigenvalue weighted by Gasteiger charge is -2.33. The Bertz CT molecular complexity index is 847. The molecule has 0 spiro atoms. The van der Waals surface area contributed by atoms with Crippen LogP contribution >= 0.6 is 22.9 Å². The van der Waals surface area contributed by atoms with Crippen molar-refractivity contribution in [2.45, 2.75) is 23.5 Å². The summed E-state index contributed by atoms with van der Waals surface area (Å²) in [6, 6.07) is 3.10. The van der Waals surface area contributed by atoms with E-state index in [0.29, 0.717) is 56.3 Å². The molecule has 0 unspecified atom stereocenters. The van der Waals surface area contributed by atoms with Crippen molar-refractivity contribution in [2.75, 3.05) is 39.3 Å². The smallest absolute Gasteiger partial charge is 0.252 e. The molecule has 3 heterocycles. The maximum atomic E-state index is 12.9. The van der Waals surface area contributed by atoms with Gasteiger partial charge in [0.25, 0.3) is 10.0 Å². The minimum atomic E-state index is -3.58. The van der Waals surface area contributed by atoms with Gasteiger partial charge in [0.1, 0.15) is 4.21 Å². The molecule has 0 radical (unpaired) electrons. The van der Waals surface area contributed by atoms with Crippen molar-refractivity contribution >= 4 is 44.8 Å². The molecule has 7 nitrogen and oxygen atoms in total. The van der Waals surface area contributed by atoms with Crippen LogP contribution in [0.4, 0.5) is 0 Å². The van der Waals surface area contributed by atoms with Crippen LogP contribution in [0.1, 0.15) is 19.3 Å². The van der Waals surface area contributed by atoms with Crippen LogP contribution in [0.15, 0.2) is 29.0 Å². The highest BCUT2D eigenvalue weighted by atomic mass is 35.5. The van der Waals surface area contributed by atoms with Gasteiger partial charge in [-0.25, -0.2) is 8.42 Å². The molecule has 0 atom stereocenters. The fraction of sp³-hybridized carbons (Fsp3) is 0.556. The Kier molecular flexibility index (Phi) is 6.80. The van der Waals surface area contributed by atoms with Crippen LogP contribution in [-0.2, 0) is 19.6 Å². The van der Waals surface area contributed by atoms with E-state index in [0.717, 1.165) is 11.3 Å². The summed E-state index contributed by atoms with van der Waals surface area (Å²) < 4.78 is 27.7. The third-order valence-electron chi connectivity index (χ3n) is 5.24. The Hall–Kier alpha value is -1.42. The first-order valence-electron chi connectivity index (χ1n) is 9.28. The van der Waals surface area contributed by atoms with E-state index in [-0.39, 0.29) is 28.5 Å². The summed E-state index contributed by atoms with van der Waals surface area (Å²) in [6.07, 6.45) is 3.15. The predicted molar refractivity (Wildman–Crippen MR) is 109 cm³/mol. The van der Waals surface area contributed by atoms with E-state index in [1.54, 1.807) is 15.9 Å². The molecule has 0 aromatic carbocycles. The molecular formula is C18H24ClN3O4S2. The van der Waals surface area contributed by atoms with Crippen molar-refractivity contribution in [3.8, 4) is 0 Å². The summed E-state index contributed by atoms with van der Waals surface area (Å²) in [5.74, 6) is -0.160. The van der Waals surface area contributed by atoms with Gasteiger partial charge in [-0.15, -0.1) is 11.3 Å². The predicted octanol–water partition coefficient (Wildman–Crippen LogP) is 2.05. The number of hydrogen-bond acceptors (Lipinski definition) is 5. The summed E-state index contributed by atoms with van der Waals surface area (Å²) in [5, 5.41) is 0. The second kappa shape index (κ2) is 8.94. The Morgan fingerprint density at radius 1 is 1.07 bits per heavy atom. The molecular weight excluding hydrogens is 422 g/mol. The van der Waals surface area contributed by atoms with Gasteiger partial charge < -0.3 is 9.80 Å². The Balaban J connectivity index is 1.59. The molecule has 0 saturated carbocycles. The number of carbonyl (C=O) groups is 2. The number of hydrogen-bond donors (Lipinski definition) is 0. The first-order chi connectivity index (χ1) is 13.3. The van der Waals surface area contributed by atoms with Crippen LogP contribution in [0.2, 0.25) is 4.34 Å². The second-order valence-corrected chi connectivity index (χ2v) is 10.8. The Morgan fingerprint density at radius 3 is 2.39 bits per heavy atom. The van der Waals surface area contributed by atoms with Gasteiger partial charge in [-0.3, -0.25) is 9.59 Å². The number of likely N-dealkylation sites (tertiary alicyclic amines) is 1. The van der Waals surface area contributed by atoms with Gasteiger partial charge in [0, 0.05) is 45.2 Å². The number of sulfonamides is 1. The first kappa shape index (κ1) is 21.3. The molecule has 2 fully saturated rings. The van der Waals surface area contributed by atoms with Crippen molar-refractivity contribution in [3.05, 3.63) is 29.1 Å². The zero-order chi connectivity index (χ0) is 20.3. The fourth-order valence-electron chi connectivity index (χ4n) is 3.65. The molecule has 0 aliphatic carbocycles. The zero-order valence-corrected chi connectivity index (χ0v) is 17.9. The van der Waals surface area contributed by atoms with Crippen LogP contribution in [0.3, 0.4) is 0 Å². The molecule has 2 amide bonds. The molecule has 0 bridgehead atoms.